The lowest BCUT2D eigenvalue weighted by molar-refractivity contribution is 0.0208. The molecule has 1 fully saturated rings. The summed E-state index contributed by atoms with van der Waals surface area (Å²) >= 11 is 0. The first kappa shape index (κ1) is 11.5. The van der Waals surface area contributed by atoms with E-state index < -0.39 is 0 Å². The van der Waals surface area contributed by atoms with Crippen LogP contribution in [0.5, 0.6) is 0 Å². The Hall–Kier alpha value is -0.940. The molecule has 0 radical (unpaired) electrons. The second-order valence-corrected chi connectivity index (χ2v) is 4.98. The van der Waals surface area contributed by atoms with Gasteiger partial charge in [0.15, 0.2) is 0 Å². The van der Waals surface area contributed by atoms with E-state index in [1.54, 1.807) is 7.11 Å². The van der Waals surface area contributed by atoms with E-state index in [4.69, 9.17) is 10.5 Å². The average molecular weight is 224 g/mol. The molecule has 5 heteroatoms. The van der Waals surface area contributed by atoms with Gasteiger partial charge in [-0.1, -0.05) is 0 Å². The highest BCUT2D eigenvalue weighted by Crippen LogP contribution is 2.37. The quantitative estimate of drug-likeness (QED) is 0.811. The average Bonchev–Trinajstić information content (AvgIpc) is 3.01. The first-order valence-electron chi connectivity index (χ1n) is 5.75. The lowest BCUT2D eigenvalue weighted by Gasteiger charge is -2.22. The zero-order valence-electron chi connectivity index (χ0n) is 10.2. The number of methoxy groups -OCH3 is 1. The van der Waals surface area contributed by atoms with Crippen LogP contribution in [0.2, 0.25) is 0 Å². The normalized spacial score (nSPS) is 16.8. The molecule has 1 heterocycles. The third-order valence-corrected chi connectivity index (χ3v) is 3.07. The minimum Gasteiger partial charge on any atom is -0.378 e. The van der Waals surface area contributed by atoms with Gasteiger partial charge < -0.3 is 15.0 Å². The van der Waals surface area contributed by atoms with E-state index in [2.05, 4.69) is 28.6 Å². The van der Waals surface area contributed by atoms with Crippen molar-refractivity contribution in [3.05, 3.63) is 11.6 Å². The molecule has 1 aliphatic carbocycles. The monoisotopic (exact) mass is 224 g/mol. The van der Waals surface area contributed by atoms with Crippen LogP contribution in [0, 0.1) is 0 Å². The molecule has 0 amide bonds. The van der Waals surface area contributed by atoms with Gasteiger partial charge in [0.25, 0.3) is 0 Å². The SMILES string of the molecule is COC(C)(C)Cc1nnc(CN)n1C1CC1. The van der Waals surface area contributed by atoms with Gasteiger partial charge in [-0.25, -0.2) is 0 Å². The van der Waals surface area contributed by atoms with Gasteiger partial charge in [0.2, 0.25) is 0 Å². The Bertz CT molecular complexity index is 368. The van der Waals surface area contributed by atoms with Crippen LogP contribution in [0.25, 0.3) is 0 Å². The predicted molar refractivity (Wildman–Crippen MR) is 61.0 cm³/mol. The third kappa shape index (κ3) is 2.25. The van der Waals surface area contributed by atoms with Crippen LogP contribution >= 0.6 is 0 Å². The van der Waals surface area contributed by atoms with Crippen LogP contribution < -0.4 is 5.73 Å². The van der Waals surface area contributed by atoms with E-state index in [-0.39, 0.29) is 5.60 Å². The Labute approximate surface area is 96.0 Å². The fourth-order valence-electron chi connectivity index (χ4n) is 1.83. The van der Waals surface area contributed by atoms with E-state index in [1.807, 2.05) is 0 Å². The molecule has 0 bridgehead atoms. The highest BCUT2D eigenvalue weighted by Gasteiger charge is 2.31. The molecule has 5 nitrogen and oxygen atoms in total. The van der Waals surface area contributed by atoms with Crippen LogP contribution in [0.3, 0.4) is 0 Å². The van der Waals surface area contributed by atoms with Gasteiger partial charge >= 0.3 is 0 Å². The van der Waals surface area contributed by atoms with Gasteiger partial charge in [0, 0.05) is 19.6 Å². The maximum atomic E-state index is 5.67. The lowest BCUT2D eigenvalue weighted by atomic mass is 10.0. The minimum atomic E-state index is -0.203. The van der Waals surface area contributed by atoms with Crippen molar-refractivity contribution >= 4 is 0 Å². The molecular weight excluding hydrogens is 204 g/mol. The Kier molecular flexibility index (Phi) is 2.99. The molecule has 1 aromatic heterocycles. The Morgan fingerprint density at radius 2 is 2.00 bits per heavy atom. The molecule has 2 N–H and O–H groups in total. The molecule has 2 rings (SSSR count). The van der Waals surface area contributed by atoms with Crippen molar-refractivity contribution in [1.29, 1.82) is 0 Å². The summed E-state index contributed by atoms with van der Waals surface area (Å²) in [5, 5.41) is 8.38. The molecule has 0 unspecified atom stereocenters. The molecule has 0 aliphatic heterocycles. The highest BCUT2D eigenvalue weighted by molar-refractivity contribution is 5.05. The summed E-state index contributed by atoms with van der Waals surface area (Å²) in [4.78, 5) is 0. The van der Waals surface area contributed by atoms with Crippen LogP contribution in [0.1, 0.15) is 44.4 Å². The molecule has 0 aromatic carbocycles. The molecule has 0 spiro atoms. The van der Waals surface area contributed by atoms with E-state index in [1.165, 1.54) is 12.8 Å². The van der Waals surface area contributed by atoms with Gasteiger partial charge in [-0.3, -0.25) is 0 Å². The molecule has 0 atom stereocenters. The van der Waals surface area contributed by atoms with E-state index >= 15 is 0 Å². The first-order valence-corrected chi connectivity index (χ1v) is 5.75. The summed E-state index contributed by atoms with van der Waals surface area (Å²) in [6.07, 6.45) is 3.20. The standard InChI is InChI=1S/C11H20N4O/c1-11(2,16-3)6-9-13-14-10(7-12)15(9)8-4-5-8/h8H,4-7,12H2,1-3H3. The van der Waals surface area contributed by atoms with Crippen LogP contribution in [-0.4, -0.2) is 27.5 Å². The largest absolute Gasteiger partial charge is 0.378 e. The number of nitrogens with two attached hydrogens (primary N) is 1. The molecule has 0 saturated heterocycles. The number of aromatic nitrogens is 3. The topological polar surface area (TPSA) is 66.0 Å². The van der Waals surface area contributed by atoms with E-state index in [0.717, 1.165) is 18.1 Å². The van der Waals surface area contributed by atoms with Gasteiger partial charge in [-0.15, -0.1) is 10.2 Å². The van der Waals surface area contributed by atoms with Crippen LogP contribution in [-0.2, 0) is 17.7 Å². The number of hydrogen-bond acceptors (Lipinski definition) is 4. The molecule has 16 heavy (non-hydrogen) atoms. The summed E-state index contributed by atoms with van der Waals surface area (Å²) in [5.41, 5.74) is 5.47. The second-order valence-electron chi connectivity index (χ2n) is 4.98. The Balaban J connectivity index is 2.23. The van der Waals surface area contributed by atoms with E-state index in [0.29, 0.717) is 12.6 Å². The van der Waals surface area contributed by atoms with E-state index in [9.17, 15) is 0 Å². The summed E-state index contributed by atoms with van der Waals surface area (Å²) in [7, 11) is 1.72. The minimum absolute atomic E-state index is 0.203. The summed E-state index contributed by atoms with van der Waals surface area (Å²) in [6, 6.07) is 0.566. The van der Waals surface area contributed by atoms with Crippen molar-refractivity contribution in [2.75, 3.05) is 7.11 Å². The van der Waals surface area contributed by atoms with Gasteiger partial charge in [0.1, 0.15) is 11.6 Å². The van der Waals surface area contributed by atoms with Crippen molar-refractivity contribution in [3.8, 4) is 0 Å². The van der Waals surface area contributed by atoms with Crippen molar-refractivity contribution in [2.45, 2.75) is 51.3 Å². The second kappa shape index (κ2) is 4.14. The first-order chi connectivity index (χ1) is 7.57. The van der Waals surface area contributed by atoms with Gasteiger partial charge in [0.05, 0.1) is 12.1 Å². The smallest absolute Gasteiger partial charge is 0.147 e. The molecule has 1 saturated carbocycles. The number of ether oxygens (including phenoxy) is 1. The number of hydrogen-bond donors (Lipinski definition) is 1. The molecule has 1 aliphatic rings. The molecular formula is C11H20N4O. The zero-order valence-corrected chi connectivity index (χ0v) is 10.2. The fourth-order valence-corrected chi connectivity index (χ4v) is 1.83. The fraction of sp³-hybridized carbons (Fsp3) is 0.818. The van der Waals surface area contributed by atoms with Crippen molar-refractivity contribution in [3.63, 3.8) is 0 Å². The maximum Gasteiger partial charge on any atom is 0.147 e. The lowest BCUT2D eigenvalue weighted by Crippen LogP contribution is -2.27. The summed E-state index contributed by atoms with van der Waals surface area (Å²) < 4.78 is 7.62. The van der Waals surface area contributed by atoms with Crippen molar-refractivity contribution in [1.82, 2.24) is 14.8 Å². The summed E-state index contributed by atoms with van der Waals surface area (Å²) in [5.74, 6) is 1.89. The third-order valence-electron chi connectivity index (χ3n) is 3.07. The Morgan fingerprint density at radius 1 is 1.38 bits per heavy atom. The van der Waals surface area contributed by atoms with Crippen molar-refractivity contribution in [2.24, 2.45) is 5.73 Å². The van der Waals surface area contributed by atoms with Crippen molar-refractivity contribution < 1.29 is 4.74 Å². The van der Waals surface area contributed by atoms with Gasteiger partial charge in [-0.2, -0.15) is 0 Å². The highest BCUT2D eigenvalue weighted by atomic mass is 16.5. The maximum absolute atomic E-state index is 5.67. The van der Waals surface area contributed by atoms with Crippen LogP contribution in [0.4, 0.5) is 0 Å². The number of rotatable bonds is 5. The van der Waals surface area contributed by atoms with Gasteiger partial charge in [-0.05, 0) is 26.7 Å². The Morgan fingerprint density at radius 3 is 2.50 bits per heavy atom. The molecule has 1 aromatic rings. The zero-order chi connectivity index (χ0) is 11.8. The summed E-state index contributed by atoms with van der Waals surface area (Å²) in [6.45, 7) is 4.57. The van der Waals surface area contributed by atoms with Crippen LogP contribution in [0.15, 0.2) is 0 Å². The number of nitrogens with zero attached hydrogens (tertiary/aromatic N) is 3. The predicted octanol–water partition coefficient (Wildman–Crippen LogP) is 1.04. The molecule has 90 valence electrons.